The van der Waals surface area contributed by atoms with Gasteiger partial charge in [-0.3, -0.25) is 9.97 Å². The van der Waals surface area contributed by atoms with Crippen molar-refractivity contribution in [2.75, 3.05) is 0 Å². The molecule has 3 aromatic rings. The van der Waals surface area contributed by atoms with Gasteiger partial charge in [0, 0.05) is 35.3 Å². The Hall–Kier alpha value is -2.64. The van der Waals surface area contributed by atoms with Crippen LogP contribution in [0.3, 0.4) is 0 Å². The van der Waals surface area contributed by atoms with Gasteiger partial charge in [0.05, 0.1) is 10.6 Å². The van der Waals surface area contributed by atoms with Crippen LogP contribution in [0.4, 0.5) is 4.39 Å². The van der Waals surface area contributed by atoms with E-state index in [4.69, 9.17) is 5.14 Å². The van der Waals surface area contributed by atoms with Crippen molar-refractivity contribution in [1.82, 2.24) is 9.97 Å². The molecule has 0 saturated heterocycles. The minimum Gasteiger partial charge on any atom is -0.264 e. The lowest BCUT2D eigenvalue weighted by molar-refractivity contribution is 0.592. The average Bonchev–Trinajstić information content (AvgIpc) is 2.54. The SMILES string of the molecule is NS(=O)(=O)c1cc(F)cc(-c2ncccc2-c2cccnc2)c1. The molecule has 0 atom stereocenters. The number of pyridine rings is 2. The van der Waals surface area contributed by atoms with Crippen LogP contribution in [0.5, 0.6) is 0 Å². The number of nitrogens with two attached hydrogens (primary N) is 1. The van der Waals surface area contributed by atoms with Crippen molar-refractivity contribution in [1.29, 1.82) is 0 Å². The fraction of sp³-hybridized carbons (Fsp3) is 0. The molecule has 0 aliphatic heterocycles. The quantitative estimate of drug-likeness (QED) is 0.800. The molecular weight excluding hydrogens is 317 g/mol. The van der Waals surface area contributed by atoms with Crippen molar-refractivity contribution >= 4 is 10.0 Å². The van der Waals surface area contributed by atoms with Crippen LogP contribution in [0, 0.1) is 5.82 Å². The van der Waals surface area contributed by atoms with Gasteiger partial charge in [-0.1, -0.05) is 12.1 Å². The van der Waals surface area contributed by atoms with Crippen LogP contribution in [-0.2, 0) is 10.0 Å². The Bertz CT molecular complexity index is 960. The van der Waals surface area contributed by atoms with Gasteiger partial charge in [-0.25, -0.2) is 17.9 Å². The largest absolute Gasteiger partial charge is 0.264 e. The van der Waals surface area contributed by atoms with Crippen molar-refractivity contribution in [2.24, 2.45) is 5.14 Å². The summed E-state index contributed by atoms with van der Waals surface area (Å²) in [4.78, 5) is 8.02. The van der Waals surface area contributed by atoms with E-state index in [0.29, 0.717) is 16.8 Å². The summed E-state index contributed by atoms with van der Waals surface area (Å²) in [5.74, 6) is -0.700. The van der Waals surface area contributed by atoms with Crippen LogP contribution >= 0.6 is 0 Å². The van der Waals surface area contributed by atoms with Gasteiger partial charge >= 0.3 is 0 Å². The van der Waals surface area contributed by atoms with E-state index < -0.39 is 15.8 Å². The molecule has 0 fully saturated rings. The number of hydrogen-bond acceptors (Lipinski definition) is 4. The van der Waals surface area contributed by atoms with E-state index in [9.17, 15) is 12.8 Å². The highest BCUT2D eigenvalue weighted by Crippen LogP contribution is 2.31. The Morgan fingerprint density at radius 3 is 2.48 bits per heavy atom. The van der Waals surface area contributed by atoms with E-state index in [1.54, 1.807) is 36.8 Å². The van der Waals surface area contributed by atoms with Crippen molar-refractivity contribution < 1.29 is 12.8 Å². The molecule has 3 rings (SSSR count). The molecule has 1 aromatic carbocycles. The fourth-order valence-corrected chi connectivity index (χ4v) is 2.82. The predicted molar refractivity (Wildman–Crippen MR) is 84.2 cm³/mol. The van der Waals surface area contributed by atoms with Gasteiger partial charge in [-0.05, 0) is 30.3 Å². The first kappa shape index (κ1) is 15.3. The van der Waals surface area contributed by atoms with Crippen LogP contribution < -0.4 is 5.14 Å². The monoisotopic (exact) mass is 329 g/mol. The molecule has 7 heteroatoms. The number of halogens is 1. The third-order valence-corrected chi connectivity index (χ3v) is 4.15. The van der Waals surface area contributed by atoms with E-state index in [0.717, 1.165) is 11.6 Å². The fourth-order valence-electron chi connectivity index (χ4n) is 2.25. The molecule has 2 aromatic heterocycles. The molecule has 0 aliphatic carbocycles. The van der Waals surface area contributed by atoms with Crippen LogP contribution in [-0.4, -0.2) is 18.4 Å². The summed E-state index contributed by atoms with van der Waals surface area (Å²) in [6.45, 7) is 0. The van der Waals surface area contributed by atoms with E-state index in [1.807, 2.05) is 6.07 Å². The molecule has 2 heterocycles. The Morgan fingerprint density at radius 2 is 1.78 bits per heavy atom. The second-order valence-corrected chi connectivity index (χ2v) is 6.42. The minimum absolute atomic E-state index is 0.296. The third kappa shape index (κ3) is 3.25. The number of aromatic nitrogens is 2. The average molecular weight is 329 g/mol. The zero-order valence-electron chi connectivity index (χ0n) is 11.8. The van der Waals surface area contributed by atoms with Gasteiger partial charge < -0.3 is 0 Å². The molecule has 5 nitrogen and oxygen atoms in total. The highest BCUT2D eigenvalue weighted by atomic mass is 32.2. The first-order valence-corrected chi connectivity index (χ1v) is 8.19. The summed E-state index contributed by atoms with van der Waals surface area (Å²) in [5.41, 5.74) is 2.28. The first-order valence-electron chi connectivity index (χ1n) is 6.64. The Morgan fingerprint density at radius 1 is 1.00 bits per heavy atom. The molecule has 0 aliphatic rings. The Kier molecular flexibility index (Phi) is 3.89. The molecule has 0 amide bonds. The molecule has 0 unspecified atom stereocenters. The number of rotatable bonds is 3. The standard InChI is InChI=1S/C16H12FN3O2S/c17-13-7-12(8-14(9-13)23(18,21)22)16-15(4-2-6-20-16)11-3-1-5-19-10-11/h1-10H,(H2,18,21,22). The van der Waals surface area contributed by atoms with Crippen molar-refractivity contribution in [2.45, 2.75) is 4.90 Å². The molecular formula is C16H12FN3O2S. The number of benzene rings is 1. The summed E-state index contributed by atoms with van der Waals surface area (Å²) in [6, 6.07) is 10.6. The summed E-state index contributed by atoms with van der Waals surface area (Å²) >= 11 is 0. The predicted octanol–water partition coefficient (Wildman–Crippen LogP) is 2.60. The smallest absolute Gasteiger partial charge is 0.238 e. The second kappa shape index (κ2) is 5.86. The van der Waals surface area contributed by atoms with Gasteiger partial charge in [-0.15, -0.1) is 0 Å². The maximum absolute atomic E-state index is 13.8. The van der Waals surface area contributed by atoms with Crippen LogP contribution in [0.2, 0.25) is 0 Å². The van der Waals surface area contributed by atoms with Crippen molar-refractivity contribution in [3.05, 3.63) is 66.9 Å². The van der Waals surface area contributed by atoms with Gasteiger partial charge in [0.25, 0.3) is 0 Å². The lowest BCUT2D eigenvalue weighted by atomic mass is 10.0. The van der Waals surface area contributed by atoms with Gasteiger partial charge in [0.1, 0.15) is 5.82 Å². The molecule has 0 spiro atoms. The molecule has 0 radical (unpaired) electrons. The molecule has 0 saturated carbocycles. The second-order valence-electron chi connectivity index (χ2n) is 4.86. The summed E-state index contributed by atoms with van der Waals surface area (Å²) < 4.78 is 36.8. The minimum atomic E-state index is -4.01. The normalized spacial score (nSPS) is 11.4. The first-order chi connectivity index (χ1) is 10.9. The molecule has 23 heavy (non-hydrogen) atoms. The lowest BCUT2D eigenvalue weighted by Gasteiger charge is -2.10. The van der Waals surface area contributed by atoms with Gasteiger partial charge in [-0.2, -0.15) is 0 Å². The van der Waals surface area contributed by atoms with E-state index in [2.05, 4.69) is 9.97 Å². The van der Waals surface area contributed by atoms with Gasteiger partial charge in [0.2, 0.25) is 10.0 Å². The van der Waals surface area contributed by atoms with Crippen molar-refractivity contribution in [3.63, 3.8) is 0 Å². The molecule has 2 N–H and O–H groups in total. The number of hydrogen-bond donors (Lipinski definition) is 1. The summed E-state index contributed by atoms with van der Waals surface area (Å²) in [5, 5.41) is 5.10. The van der Waals surface area contributed by atoms with E-state index in [1.165, 1.54) is 12.1 Å². The zero-order valence-corrected chi connectivity index (χ0v) is 12.7. The van der Waals surface area contributed by atoms with Crippen LogP contribution in [0.15, 0.2) is 66.0 Å². The van der Waals surface area contributed by atoms with Gasteiger partial charge in [0.15, 0.2) is 0 Å². The lowest BCUT2D eigenvalue weighted by Crippen LogP contribution is -2.12. The zero-order chi connectivity index (χ0) is 16.4. The third-order valence-electron chi connectivity index (χ3n) is 3.25. The van der Waals surface area contributed by atoms with E-state index in [-0.39, 0.29) is 4.90 Å². The maximum Gasteiger partial charge on any atom is 0.238 e. The topological polar surface area (TPSA) is 85.9 Å². The molecule has 0 bridgehead atoms. The van der Waals surface area contributed by atoms with Crippen LogP contribution in [0.1, 0.15) is 0 Å². The van der Waals surface area contributed by atoms with Crippen molar-refractivity contribution in [3.8, 4) is 22.4 Å². The molecule has 116 valence electrons. The Balaban J connectivity index is 2.23. The number of sulfonamides is 1. The maximum atomic E-state index is 13.8. The number of primary sulfonamides is 1. The summed E-state index contributed by atoms with van der Waals surface area (Å²) in [7, 11) is -4.01. The van der Waals surface area contributed by atoms with Crippen LogP contribution in [0.25, 0.3) is 22.4 Å². The highest BCUT2D eigenvalue weighted by Gasteiger charge is 2.15. The highest BCUT2D eigenvalue weighted by molar-refractivity contribution is 7.89. The number of nitrogens with zero attached hydrogens (tertiary/aromatic N) is 2. The van der Waals surface area contributed by atoms with E-state index >= 15 is 0 Å². The Labute approximate surface area is 132 Å². The summed E-state index contributed by atoms with van der Waals surface area (Å²) in [6.07, 6.45) is 4.85.